The Hall–Kier alpha value is -1.35. The minimum Gasteiger partial charge on any atom is -0.481 e. The average molecular weight is 180 g/mol. The van der Waals surface area contributed by atoms with Gasteiger partial charge in [0.15, 0.2) is 0 Å². The molecule has 2 N–H and O–H groups in total. The van der Waals surface area contributed by atoms with E-state index < -0.39 is 12.1 Å². The first-order valence-corrected chi connectivity index (χ1v) is 4.12. The number of aliphatic hydroxyl groups excluding tert-OH is 1. The highest BCUT2D eigenvalue weighted by Gasteiger charge is 2.09. The van der Waals surface area contributed by atoms with Gasteiger partial charge >= 0.3 is 5.97 Å². The normalized spacial score (nSPS) is 12.4. The molecule has 70 valence electrons. The largest absolute Gasteiger partial charge is 0.481 e. The predicted octanol–water partition coefficient (Wildman–Crippen LogP) is 1.06. The van der Waals surface area contributed by atoms with Crippen LogP contribution >= 0.6 is 0 Å². The minimum atomic E-state index is -0.969. The monoisotopic (exact) mass is 180 g/mol. The van der Waals surface area contributed by atoms with Crippen molar-refractivity contribution in [3.05, 3.63) is 35.9 Å². The zero-order valence-corrected chi connectivity index (χ0v) is 7.18. The number of carbonyl (C=O) groups is 1. The van der Waals surface area contributed by atoms with Crippen LogP contribution in [-0.2, 0) is 11.2 Å². The highest BCUT2D eigenvalue weighted by Crippen LogP contribution is 2.05. The number of hydrogen-bond donors (Lipinski definition) is 2. The molecule has 0 radical (unpaired) electrons. The second kappa shape index (κ2) is 4.62. The molecule has 0 aromatic heterocycles. The van der Waals surface area contributed by atoms with Gasteiger partial charge in [0.25, 0.3) is 0 Å². The third-order valence-corrected chi connectivity index (χ3v) is 1.72. The van der Waals surface area contributed by atoms with Gasteiger partial charge in [-0.2, -0.15) is 0 Å². The zero-order chi connectivity index (χ0) is 9.68. The predicted molar refractivity (Wildman–Crippen MR) is 48.4 cm³/mol. The van der Waals surface area contributed by atoms with Crippen molar-refractivity contribution in [2.75, 3.05) is 0 Å². The molecule has 0 spiro atoms. The Bertz CT molecular complexity index is 269. The van der Waals surface area contributed by atoms with Gasteiger partial charge in [0.2, 0.25) is 0 Å². The van der Waals surface area contributed by atoms with E-state index in [1.807, 2.05) is 30.3 Å². The Morgan fingerprint density at radius 2 is 1.92 bits per heavy atom. The number of aliphatic carboxylic acids is 1. The lowest BCUT2D eigenvalue weighted by molar-refractivity contribution is -0.139. The molecule has 0 fully saturated rings. The van der Waals surface area contributed by atoms with Gasteiger partial charge in [0, 0.05) is 0 Å². The molecule has 3 heteroatoms. The van der Waals surface area contributed by atoms with E-state index in [2.05, 4.69) is 0 Å². The van der Waals surface area contributed by atoms with Crippen LogP contribution in [0.5, 0.6) is 0 Å². The molecule has 1 rings (SSSR count). The van der Waals surface area contributed by atoms with E-state index in [0.717, 1.165) is 5.56 Å². The maximum Gasteiger partial charge on any atom is 0.305 e. The third-order valence-electron chi connectivity index (χ3n) is 1.72. The van der Waals surface area contributed by atoms with Crippen molar-refractivity contribution in [3.8, 4) is 0 Å². The summed E-state index contributed by atoms with van der Waals surface area (Å²) in [5.41, 5.74) is 0.955. The molecule has 0 aliphatic rings. The van der Waals surface area contributed by atoms with Crippen LogP contribution in [0.25, 0.3) is 0 Å². The van der Waals surface area contributed by atoms with E-state index in [4.69, 9.17) is 5.11 Å². The van der Waals surface area contributed by atoms with Crippen LogP contribution in [0.3, 0.4) is 0 Å². The van der Waals surface area contributed by atoms with Gasteiger partial charge in [-0.15, -0.1) is 0 Å². The first-order valence-electron chi connectivity index (χ1n) is 4.12. The van der Waals surface area contributed by atoms with E-state index in [0.29, 0.717) is 6.42 Å². The number of carboxylic acids is 1. The van der Waals surface area contributed by atoms with Crippen LogP contribution in [-0.4, -0.2) is 22.3 Å². The molecular weight excluding hydrogens is 168 g/mol. The van der Waals surface area contributed by atoms with Crippen LogP contribution in [0, 0.1) is 0 Å². The van der Waals surface area contributed by atoms with E-state index in [1.54, 1.807) is 0 Å². The van der Waals surface area contributed by atoms with E-state index in [1.165, 1.54) is 0 Å². The highest BCUT2D eigenvalue weighted by atomic mass is 16.4. The molecule has 1 atom stereocenters. The summed E-state index contributed by atoms with van der Waals surface area (Å²) < 4.78 is 0. The summed E-state index contributed by atoms with van der Waals surface area (Å²) in [5, 5.41) is 17.7. The summed E-state index contributed by atoms with van der Waals surface area (Å²) in [5.74, 6) is -0.969. The van der Waals surface area contributed by atoms with Crippen molar-refractivity contribution in [3.63, 3.8) is 0 Å². The average Bonchev–Trinajstić information content (AvgIpc) is 2.04. The Morgan fingerprint density at radius 3 is 2.46 bits per heavy atom. The summed E-state index contributed by atoms with van der Waals surface area (Å²) in [6.45, 7) is 0. The molecule has 1 aromatic rings. The van der Waals surface area contributed by atoms with E-state index >= 15 is 0 Å². The van der Waals surface area contributed by atoms with Crippen LogP contribution < -0.4 is 0 Å². The lowest BCUT2D eigenvalue weighted by Gasteiger charge is -2.06. The topological polar surface area (TPSA) is 57.5 Å². The standard InChI is InChI=1S/C10H12O3/c11-9(7-10(12)13)6-8-4-2-1-3-5-8/h1-5,9,11H,6-7H2,(H,12,13). The quantitative estimate of drug-likeness (QED) is 0.728. The van der Waals surface area contributed by atoms with Crippen molar-refractivity contribution in [2.24, 2.45) is 0 Å². The van der Waals surface area contributed by atoms with Crippen LogP contribution in [0.1, 0.15) is 12.0 Å². The first kappa shape index (κ1) is 9.74. The van der Waals surface area contributed by atoms with Crippen molar-refractivity contribution in [1.82, 2.24) is 0 Å². The fourth-order valence-electron chi connectivity index (χ4n) is 1.16. The maximum absolute atomic E-state index is 10.2. The van der Waals surface area contributed by atoms with Gasteiger partial charge in [0.1, 0.15) is 0 Å². The number of benzene rings is 1. The lowest BCUT2D eigenvalue weighted by Crippen LogP contribution is -2.15. The SMILES string of the molecule is O=C(O)CC(O)Cc1ccccc1. The molecule has 0 heterocycles. The van der Waals surface area contributed by atoms with Crippen molar-refractivity contribution in [1.29, 1.82) is 0 Å². The summed E-state index contributed by atoms with van der Waals surface area (Å²) >= 11 is 0. The smallest absolute Gasteiger partial charge is 0.305 e. The molecule has 13 heavy (non-hydrogen) atoms. The fourth-order valence-corrected chi connectivity index (χ4v) is 1.16. The second-order valence-electron chi connectivity index (χ2n) is 2.94. The summed E-state index contributed by atoms with van der Waals surface area (Å²) in [6, 6.07) is 9.34. The highest BCUT2D eigenvalue weighted by molar-refractivity contribution is 5.67. The van der Waals surface area contributed by atoms with Gasteiger partial charge < -0.3 is 10.2 Å². The van der Waals surface area contributed by atoms with Crippen molar-refractivity contribution >= 4 is 5.97 Å². The third kappa shape index (κ3) is 3.71. The summed E-state index contributed by atoms with van der Waals surface area (Å²) in [4.78, 5) is 10.2. The fraction of sp³-hybridized carbons (Fsp3) is 0.300. The van der Waals surface area contributed by atoms with Gasteiger partial charge in [-0.1, -0.05) is 30.3 Å². The number of aliphatic hydroxyl groups is 1. The minimum absolute atomic E-state index is 0.200. The van der Waals surface area contributed by atoms with Crippen LogP contribution in [0.15, 0.2) is 30.3 Å². The Labute approximate surface area is 76.6 Å². The molecule has 0 saturated carbocycles. The van der Waals surface area contributed by atoms with Crippen molar-refractivity contribution < 1.29 is 15.0 Å². The van der Waals surface area contributed by atoms with Crippen molar-refractivity contribution in [2.45, 2.75) is 18.9 Å². The number of rotatable bonds is 4. The van der Waals surface area contributed by atoms with E-state index in [9.17, 15) is 9.90 Å². The Morgan fingerprint density at radius 1 is 1.31 bits per heavy atom. The Balaban J connectivity index is 2.45. The lowest BCUT2D eigenvalue weighted by atomic mass is 10.1. The number of hydrogen-bond acceptors (Lipinski definition) is 2. The van der Waals surface area contributed by atoms with Gasteiger partial charge in [0.05, 0.1) is 12.5 Å². The molecule has 1 aromatic carbocycles. The summed E-state index contributed by atoms with van der Waals surface area (Å²) in [6.07, 6.45) is -0.595. The van der Waals surface area contributed by atoms with Gasteiger partial charge in [-0.3, -0.25) is 4.79 Å². The first-order chi connectivity index (χ1) is 6.18. The molecule has 0 amide bonds. The molecule has 0 saturated heterocycles. The Kier molecular flexibility index (Phi) is 3.46. The second-order valence-corrected chi connectivity index (χ2v) is 2.94. The molecule has 1 unspecified atom stereocenters. The molecule has 0 aliphatic heterocycles. The van der Waals surface area contributed by atoms with Gasteiger partial charge in [-0.25, -0.2) is 0 Å². The van der Waals surface area contributed by atoms with Crippen LogP contribution in [0.4, 0.5) is 0 Å². The summed E-state index contributed by atoms with van der Waals surface area (Å²) in [7, 11) is 0. The van der Waals surface area contributed by atoms with E-state index in [-0.39, 0.29) is 6.42 Å². The maximum atomic E-state index is 10.2. The molecule has 3 nitrogen and oxygen atoms in total. The number of carboxylic acid groups (broad SMARTS) is 1. The molecule has 0 aliphatic carbocycles. The van der Waals surface area contributed by atoms with Gasteiger partial charge in [-0.05, 0) is 12.0 Å². The van der Waals surface area contributed by atoms with Crippen LogP contribution in [0.2, 0.25) is 0 Å². The molecule has 0 bridgehead atoms. The zero-order valence-electron chi connectivity index (χ0n) is 7.18. The molecular formula is C10H12O3.